The lowest BCUT2D eigenvalue weighted by molar-refractivity contribution is -0.141. The van der Waals surface area contributed by atoms with Gasteiger partial charge in [0.05, 0.1) is 10.5 Å². The zero-order chi connectivity index (χ0) is 21.2. The topological polar surface area (TPSA) is 118 Å². The zero-order valence-electron chi connectivity index (χ0n) is 16.1. The molecule has 2 aromatic rings. The average Bonchev–Trinajstić information content (AvgIpc) is 3.49. The number of nitrogens with zero attached hydrogens (tertiary/aromatic N) is 2. The molecule has 1 aliphatic carbocycles. The van der Waals surface area contributed by atoms with Crippen LogP contribution in [0.1, 0.15) is 46.2 Å². The number of Topliss-reactive ketones (excluding diaryl/α,β-unsaturated/α-hetero) is 1. The van der Waals surface area contributed by atoms with E-state index < -0.39 is 29.1 Å². The first-order chi connectivity index (χ1) is 13.7. The van der Waals surface area contributed by atoms with Gasteiger partial charge in [-0.2, -0.15) is 9.98 Å². The quantitative estimate of drug-likeness (QED) is 0.520. The van der Waals surface area contributed by atoms with Gasteiger partial charge in [-0.05, 0) is 44.9 Å². The van der Waals surface area contributed by atoms with Crippen molar-refractivity contribution in [1.82, 2.24) is 9.29 Å². The Kier molecular flexibility index (Phi) is 5.86. The number of hydrogen-bond donors (Lipinski definition) is 1. The van der Waals surface area contributed by atoms with Crippen LogP contribution in [0.15, 0.2) is 35.2 Å². The highest BCUT2D eigenvalue weighted by atomic mass is 32.2. The molecule has 1 fully saturated rings. The van der Waals surface area contributed by atoms with Crippen LogP contribution >= 0.6 is 0 Å². The Morgan fingerprint density at radius 1 is 1.28 bits per heavy atom. The van der Waals surface area contributed by atoms with Crippen LogP contribution in [-0.2, 0) is 19.6 Å². The number of aryl methyl sites for hydroxylation is 1. The Morgan fingerprint density at radius 3 is 2.62 bits per heavy atom. The molecule has 0 unspecified atom stereocenters. The molecule has 9 heteroatoms. The lowest BCUT2D eigenvalue weighted by Gasteiger charge is -2.09. The van der Waals surface area contributed by atoms with Crippen molar-refractivity contribution in [3.05, 3.63) is 52.8 Å². The van der Waals surface area contributed by atoms with Gasteiger partial charge in [0.1, 0.15) is 12.6 Å². The van der Waals surface area contributed by atoms with Crippen molar-refractivity contribution in [3.8, 4) is 6.07 Å². The summed E-state index contributed by atoms with van der Waals surface area (Å²) in [5.41, 5.74) is 2.31. The van der Waals surface area contributed by atoms with Crippen LogP contribution in [0, 0.1) is 25.2 Å². The predicted molar refractivity (Wildman–Crippen MR) is 104 cm³/mol. The van der Waals surface area contributed by atoms with E-state index in [0.29, 0.717) is 11.6 Å². The molecule has 1 aromatic carbocycles. The van der Waals surface area contributed by atoms with Crippen molar-refractivity contribution in [3.63, 3.8) is 0 Å². The Balaban J connectivity index is 1.57. The minimum Gasteiger partial charge on any atom is -0.456 e. The number of nitriles is 1. The molecule has 0 atom stereocenters. The highest BCUT2D eigenvalue weighted by Gasteiger charge is 2.28. The van der Waals surface area contributed by atoms with Gasteiger partial charge in [0.25, 0.3) is 0 Å². The fraction of sp³-hybridized carbons (Fsp3) is 0.350. The van der Waals surface area contributed by atoms with Gasteiger partial charge in [-0.3, -0.25) is 9.59 Å². The van der Waals surface area contributed by atoms with Crippen LogP contribution in [0.3, 0.4) is 0 Å². The van der Waals surface area contributed by atoms with Gasteiger partial charge in [0.2, 0.25) is 15.8 Å². The predicted octanol–water partition coefficient (Wildman–Crippen LogP) is 2.02. The number of nitrogens with one attached hydrogen (secondary N) is 1. The molecule has 8 nitrogen and oxygen atoms in total. The Hall–Kier alpha value is -2.96. The average molecular weight is 415 g/mol. The SMILES string of the molecule is Cc1cc(C(=O)COC(=O)CNS(=O)(=O)c2ccccc2C#N)c(C)n1C1CC1. The standard InChI is InChI=1S/C20H21N3O5S/c1-13-9-17(14(2)23(13)16-7-8-16)18(24)12-28-20(25)11-22-29(26,27)19-6-4-3-5-15(19)10-21/h3-6,9,16,22H,7-8,11-12H2,1-2H3. The van der Waals surface area contributed by atoms with E-state index in [1.807, 2.05) is 13.8 Å². The molecule has 0 bridgehead atoms. The number of ether oxygens (including phenoxy) is 1. The summed E-state index contributed by atoms with van der Waals surface area (Å²) in [7, 11) is -4.06. The van der Waals surface area contributed by atoms with Crippen molar-refractivity contribution >= 4 is 21.8 Å². The van der Waals surface area contributed by atoms with Crippen molar-refractivity contribution in [2.45, 2.75) is 37.6 Å². The molecule has 0 radical (unpaired) electrons. The third-order valence-corrected chi connectivity index (χ3v) is 6.22. The Morgan fingerprint density at radius 2 is 1.97 bits per heavy atom. The van der Waals surface area contributed by atoms with Gasteiger partial charge in [-0.1, -0.05) is 12.1 Å². The number of ketones is 1. The van der Waals surface area contributed by atoms with E-state index in [0.717, 1.165) is 24.2 Å². The molecule has 152 valence electrons. The summed E-state index contributed by atoms with van der Waals surface area (Å²) in [6, 6.07) is 9.66. The maximum atomic E-state index is 12.4. The van der Waals surface area contributed by atoms with Crippen molar-refractivity contribution < 1.29 is 22.7 Å². The Bertz CT molecular complexity index is 1110. The van der Waals surface area contributed by atoms with Crippen LogP contribution < -0.4 is 4.72 Å². The van der Waals surface area contributed by atoms with E-state index in [9.17, 15) is 18.0 Å². The molecule has 0 aliphatic heterocycles. The second-order valence-corrected chi connectivity index (χ2v) is 8.64. The van der Waals surface area contributed by atoms with Gasteiger partial charge in [-0.25, -0.2) is 8.42 Å². The fourth-order valence-corrected chi connectivity index (χ4v) is 4.38. The normalized spacial score (nSPS) is 13.7. The minimum absolute atomic E-state index is 0.0328. The van der Waals surface area contributed by atoms with Gasteiger partial charge in [0, 0.05) is 23.0 Å². The highest BCUT2D eigenvalue weighted by molar-refractivity contribution is 7.89. The van der Waals surface area contributed by atoms with E-state index >= 15 is 0 Å². The summed E-state index contributed by atoms with van der Waals surface area (Å²) in [6.45, 7) is 2.68. The molecule has 0 amide bonds. The second kappa shape index (κ2) is 8.19. The summed E-state index contributed by atoms with van der Waals surface area (Å²) in [5.74, 6) is -1.22. The van der Waals surface area contributed by atoms with E-state index in [2.05, 4.69) is 9.29 Å². The number of sulfonamides is 1. The molecule has 29 heavy (non-hydrogen) atoms. The summed E-state index contributed by atoms with van der Waals surface area (Å²) < 4.78 is 33.7. The van der Waals surface area contributed by atoms with Gasteiger partial charge < -0.3 is 9.30 Å². The molecule has 0 spiro atoms. The molecule has 1 heterocycles. The van der Waals surface area contributed by atoms with Crippen molar-refractivity contribution in [2.75, 3.05) is 13.2 Å². The summed E-state index contributed by atoms with van der Waals surface area (Å²) in [6.07, 6.45) is 2.18. The number of esters is 1. The first-order valence-corrected chi connectivity index (χ1v) is 10.6. The number of carbonyl (C=O) groups excluding carboxylic acids is 2. The van der Waals surface area contributed by atoms with Gasteiger partial charge >= 0.3 is 5.97 Å². The maximum Gasteiger partial charge on any atom is 0.321 e. The monoisotopic (exact) mass is 415 g/mol. The third kappa shape index (κ3) is 4.55. The van der Waals surface area contributed by atoms with Gasteiger partial charge in [0.15, 0.2) is 6.61 Å². The Labute approximate surface area is 169 Å². The van der Waals surface area contributed by atoms with E-state index in [-0.39, 0.29) is 16.2 Å². The van der Waals surface area contributed by atoms with Crippen LogP contribution in [-0.4, -0.2) is 37.9 Å². The van der Waals surface area contributed by atoms with E-state index in [1.54, 1.807) is 12.1 Å². The number of rotatable bonds is 8. The molecular weight excluding hydrogens is 394 g/mol. The smallest absolute Gasteiger partial charge is 0.321 e. The maximum absolute atomic E-state index is 12.4. The van der Waals surface area contributed by atoms with Crippen molar-refractivity contribution in [1.29, 1.82) is 5.26 Å². The molecule has 1 aliphatic rings. The lowest BCUT2D eigenvalue weighted by atomic mass is 10.1. The largest absolute Gasteiger partial charge is 0.456 e. The van der Waals surface area contributed by atoms with Crippen LogP contribution in [0.2, 0.25) is 0 Å². The minimum atomic E-state index is -4.06. The van der Waals surface area contributed by atoms with E-state index in [1.165, 1.54) is 24.3 Å². The van der Waals surface area contributed by atoms with E-state index in [4.69, 9.17) is 10.00 Å². The molecule has 0 saturated heterocycles. The molecule has 3 rings (SSSR count). The molecule has 1 aromatic heterocycles. The third-order valence-electron chi connectivity index (χ3n) is 4.76. The van der Waals surface area contributed by atoms with Crippen molar-refractivity contribution in [2.24, 2.45) is 0 Å². The lowest BCUT2D eigenvalue weighted by Crippen LogP contribution is -2.32. The second-order valence-electron chi connectivity index (χ2n) is 6.90. The first-order valence-electron chi connectivity index (χ1n) is 9.10. The molecule has 1 N–H and O–H groups in total. The van der Waals surface area contributed by atoms with Gasteiger partial charge in [-0.15, -0.1) is 0 Å². The number of aromatic nitrogens is 1. The number of benzene rings is 1. The number of hydrogen-bond acceptors (Lipinski definition) is 6. The summed E-state index contributed by atoms with van der Waals surface area (Å²) in [4.78, 5) is 24.1. The highest BCUT2D eigenvalue weighted by Crippen LogP contribution is 2.38. The molecular formula is C20H21N3O5S. The fourth-order valence-electron chi connectivity index (χ4n) is 3.25. The zero-order valence-corrected chi connectivity index (χ0v) is 17.0. The number of carbonyl (C=O) groups is 2. The van der Waals surface area contributed by atoms with Crippen LogP contribution in [0.4, 0.5) is 0 Å². The van der Waals surface area contributed by atoms with Crippen LogP contribution in [0.25, 0.3) is 0 Å². The first kappa shape index (κ1) is 20.8. The van der Waals surface area contributed by atoms with Crippen LogP contribution in [0.5, 0.6) is 0 Å². The summed E-state index contributed by atoms with van der Waals surface area (Å²) in [5, 5.41) is 9.02. The molecule has 1 saturated carbocycles. The summed E-state index contributed by atoms with van der Waals surface area (Å²) >= 11 is 0.